The Bertz CT molecular complexity index is 983. The predicted molar refractivity (Wildman–Crippen MR) is 104 cm³/mol. The number of aromatic nitrogens is 2. The molecular formula is C20H23F4N3O2S. The number of halogens is 4. The molecule has 0 saturated carbocycles. The number of alkyl halides is 3. The van der Waals surface area contributed by atoms with Crippen molar-refractivity contribution in [1.82, 2.24) is 9.78 Å². The van der Waals surface area contributed by atoms with Crippen LogP contribution in [-0.4, -0.2) is 28.4 Å². The average molecular weight is 445 g/mol. The third-order valence-electron chi connectivity index (χ3n) is 4.63. The van der Waals surface area contributed by atoms with E-state index in [-0.39, 0.29) is 16.3 Å². The average Bonchev–Trinajstić information content (AvgIpc) is 3.04. The molecule has 2 heterocycles. The first-order valence-electron chi connectivity index (χ1n) is 9.61. The maximum atomic E-state index is 14.1. The van der Waals surface area contributed by atoms with E-state index in [9.17, 15) is 22.4 Å². The molecule has 1 unspecified atom stereocenters. The second-order valence-electron chi connectivity index (χ2n) is 8.22. The Kier molecular flexibility index (Phi) is 6.47. The highest BCUT2D eigenvalue weighted by molar-refractivity contribution is 7.09. The van der Waals surface area contributed by atoms with Crippen molar-refractivity contribution in [2.75, 3.05) is 6.61 Å². The summed E-state index contributed by atoms with van der Waals surface area (Å²) in [7, 11) is 0. The SMILES string of the molecule is CC(C)(C)c1nn(CC2CCCCO2)/c(=N/C(=O)c2cc(C(F)(F)F)ccc2F)s1. The van der Waals surface area contributed by atoms with Crippen LogP contribution in [0, 0.1) is 5.82 Å². The van der Waals surface area contributed by atoms with E-state index in [1.807, 2.05) is 20.8 Å². The molecule has 5 nitrogen and oxygen atoms in total. The van der Waals surface area contributed by atoms with Gasteiger partial charge in [-0.3, -0.25) is 4.79 Å². The topological polar surface area (TPSA) is 56.5 Å². The molecular weight excluding hydrogens is 422 g/mol. The number of rotatable bonds is 3. The van der Waals surface area contributed by atoms with Crippen LogP contribution >= 0.6 is 11.3 Å². The summed E-state index contributed by atoms with van der Waals surface area (Å²) in [6.45, 7) is 6.86. The van der Waals surface area contributed by atoms with Crippen LogP contribution in [0.4, 0.5) is 17.6 Å². The Morgan fingerprint density at radius 1 is 1.30 bits per heavy atom. The minimum atomic E-state index is -4.69. The number of hydrogen-bond acceptors (Lipinski definition) is 4. The van der Waals surface area contributed by atoms with Crippen molar-refractivity contribution in [3.8, 4) is 0 Å². The van der Waals surface area contributed by atoms with Gasteiger partial charge in [0.25, 0.3) is 5.91 Å². The second-order valence-corrected chi connectivity index (χ2v) is 9.18. The molecule has 0 radical (unpaired) electrons. The standard InChI is InChI=1S/C20H23F4N3O2S/c1-19(2,3)17-26-27(11-13-6-4-5-9-29-13)18(30-17)25-16(28)14-10-12(20(22,23)24)7-8-15(14)21/h7-8,10,13H,4-6,9,11H2,1-3H3/b25-18-. The van der Waals surface area contributed by atoms with Crippen LogP contribution in [0.15, 0.2) is 23.2 Å². The molecule has 1 saturated heterocycles. The summed E-state index contributed by atoms with van der Waals surface area (Å²) < 4.78 is 60.2. The maximum absolute atomic E-state index is 14.1. The zero-order valence-electron chi connectivity index (χ0n) is 16.9. The molecule has 1 aromatic carbocycles. The number of benzene rings is 1. The zero-order chi connectivity index (χ0) is 22.1. The number of ether oxygens (including phenoxy) is 1. The molecule has 1 aromatic heterocycles. The minimum absolute atomic E-state index is 0.0898. The summed E-state index contributed by atoms with van der Waals surface area (Å²) in [5, 5.41) is 5.24. The summed E-state index contributed by atoms with van der Waals surface area (Å²) in [4.78, 5) is 16.7. The summed E-state index contributed by atoms with van der Waals surface area (Å²) >= 11 is 1.16. The van der Waals surface area contributed by atoms with Gasteiger partial charge in [-0.05, 0) is 37.5 Å². The first-order chi connectivity index (χ1) is 13.9. The zero-order valence-corrected chi connectivity index (χ0v) is 17.7. The first kappa shape index (κ1) is 22.6. The second kappa shape index (κ2) is 8.58. The highest BCUT2D eigenvalue weighted by Crippen LogP contribution is 2.30. The fourth-order valence-electron chi connectivity index (χ4n) is 2.97. The van der Waals surface area contributed by atoms with Crippen molar-refractivity contribution in [3.05, 3.63) is 45.0 Å². The van der Waals surface area contributed by atoms with Crippen molar-refractivity contribution in [3.63, 3.8) is 0 Å². The molecule has 1 amide bonds. The molecule has 3 rings (SSSR count). The normalized spacial score (nSPS) is 18.6. The minimum Gasteiger partial charge on any atom is -0.376 e. The largest absolute Gasteiger partial charge is 0.416 e. The van der Waals surface area contributed by atoms with E-state index in [1.165, 1.54) is 4.68 Å². The highest BCUT2D eigenvalue weighted by Gasteiger charge is 2.32. The van der Waals surface area contributed by atoms with Crippen LogP contribution in [0.25, 0.3) is 0 Å². The summed E-state index contributed by atoms with van der Waals surface area (Å²) in [6, 6.07) is 1.71. The number of carbonyl (C=O) groups is 1. The van der Waals surface area contributed by atoms with Gasteiger partial charge in [-0.25, -0.2) is 9.07 Å². The van der Waals surface area contributed by atoms with E-state index < -0.39 is 29.0 Å². The van der Waals surface area contributed by atoms with Gasteiger partial charge in [0.05, 0.1) is 23.8 Å². The lowest BCUT2D eigenvalue weighted by Crippen LogP contribution is -2.30. The lowest BCUT2D eigenvalue weighted by atomic mass is 9.98. The van der Waals surface area contributed by atoms with Gasteiger partial charge in [-0.1, -0.05) is 32.1 Å². The quantitative estimate of drug-likeness (QED) is 0.643. The number of carbonyl (C=O) groups excluding carboxylic acids is 1. The van der Waals surface area contributed by atoms with Crippen molar-refractivity contribution < 1.29 is 27.1 Å². The van der Waals surface area contributed by atoms with Crippen molar-refractivity contribution in [1.29, 1.82) is 0 Å². The van der Waals surface area contributed by atoms with E-state index in [4.69, 9.17) is 4.74 Å². The lowest BCUT2D eigenvalue weighted by Gasteiger charge is -2.22. The predicted octanol–water partition coefficient (Wildman–Crippen LogP) is 4.71. The van der Waals surface area contributed by atoms with E-state index in [2.05, 4.69) is 10.1 Å². The summed E-state index contributed by atoms with van der Waals surface area (Å²) in [5.74, 6) is -2.14. The van der Waals surface area contributed by atoms with Crippen molar-refractivity contribution in [2.45, 2.75) is 64.3 Å². The Hall–Kier alpha value is -2.07. The third-order valence-corrected chi connectivity index (χ3v) is 6.01. The monoisotopic (exact) mass is 445 g/mol. The van der Waals surface area contributed by atoms with Gasteiger partial charge < -0.3 is 4.74 Å². The molecule has 10 heteroatoms. The third kappa shape index (κ3) is 5.34. The van der Waals surface area contributed by atoms with Gasteiger partial charge in [0.2, 0.25) is 4.80 Å². The molecule has 1 fully saturated rings. The summed E-state index contributed by atoms with van der Waals surface area (Å²) in [5.41, 5.74) is -2.15. The van der Waals surface area contributed by atoms with Crippen molar-refractivity contribution >= 4 is 17.2 Å². The Morgan fingerprint density at radius 2 is 2.03 bits per heavy atom. The number of hydrogen-bond donors (Lipinski definition) is 0. The van der Waals surface area contributed by atoms with Gasteiger partial charge in [-0.2, -0.15) is 23.3 Å². The molecule has 1 aliphatic heterocycles. The highest BCUT2D eigenvalue weighted by atomic mass is 32.1. The van der Waals surface area contributed by atoms with E-state index in [0.717, 1.165) is 30.6 Å². The molecule has 1 atom stereocenters. The van der Waals surface area contributed by atoms with Gasteiger partial charge >= 0.3 is 6.18 Å². The fraction of sp³-hybridized carbons (Fsp3) is 0.550. The van der Waals surface area contributed by atoms with E-state index in [1.54, 1.807) is 0 Å². The Morgan fingerprint density at radius 3 is 2.63 bits per heavy atom. The lowest BCUT2D eigenvalue weighted by molar-refractivity contribution is -0.137. The van der Waals surface area contributed by atoms with E-state index >= 15 is 0 Å². The molecule has 30 heavy (non-hydrogen) atoms. The van der Waals surface area contributed by atoms with Crippen LogP contribution in [0.5, 0.6) is 0 Å². The molecule has 2 aromatic rings. The van der Waals surface area contributed by atoms with Gasteiger partial charge in [0.1, 0.15) is 10.8 Å². The smallest absolute Gasteiger partial charge is 0.376 e. The van der Waals surface area contributed by atoms with Crippen LogP contribution in [-0.2, 0) is 22.9 Å². The first-order valence-corrected chi connectivity index (χ1v) is 10.4. The molecule has 0 aliphatic carbocycles. The summed E-state index contributed by atoms with van der Waals surface area (Å²) in [6.07, 6.45) is -1.94. The van der Waals surface area contributed by atoms with E-state index in [0.29, 0.717) is 36.4 Å². The Labute approximate surface area is 175 Å². The van der Waals surface area contributed by atoms with Crippen LogP contribution in [0.2, 0.25) is 0 Å². The maximum Gasteiger partial charge on any atom is 0.416 e. The van der Waals surface area contributed by atoms with Gasteiger partial charge in [-0.15, -0.1) is 0 Å². The fourth-order valence-corrected chi connectivity index (χ4v) is 3.94. The van der Waals surface area contributed by atoms with Gasteiger partial charge in [0, 0.05) is 12.0 Å². The van der Waals surface area contributed by atoms with Crippen LogP contribution < -0.4 is 4.80 Å². The molecule has 0 bridgehead atoms. The van der Waals surface area contributed by atoms with Crippen LogP contribution in [0.3, 0.4) is 0 Å². The molecule has 164 valence electrons. The molecule has 0 N–H and O–H groups in total. The Balaban J connectivity index is 2.01. The van der Waals surface area contributed by atoms with Crippen molar-refractivity contribution in [2.24, 2.45) is 4.99 Å². The molecule has 0 spiro atoms. The number of nitrogens with zero attached hydrogens (tertiary/aromatic N) is 3. The van der Waals surface area contributed by atoms with Crippen LogP contribution in [0.1, 0.15) is 61.0 Å². The van der Waals surface area contributed by atoms with Gasteiger partial charge in [0.15, 0.2) is 0 Å². The number of amides is 1. The molecule has 1 aliphatic rings.